The first-order valence-electron chi connectivity index (χ1n) is 15.6. The summed E-state index contributed by atoms with van der Waals surface area (Å²) in [4.78, 5) is 0. The minimum atomic E-state index is 0.627. The van der Waals surface area contributed by atoms with Gasteiger partial charge in [-0.05, 0) is 96.7 Å². The molecule has 8 unspecified atom stereocenters. The zero-order valence-corrected chi connectivity index (χ0v) is 24.3. The highest BCUT2D eigenvalue weighted by Gasteiger charge is 2.63. The lowest BCUT2D eigenvalue weighted by Gasteiger charge is -2.63. The van der Waals surface area contributed by atoms with E-state index in [-0.39, 0.29) is 0 Å². The molecule has 0 heteroatoms. The van der Waals surface area contributed by atoms with Crippen LogP contribution in [0.5, 0.6) is 0 Å². The van der Waals surface area contributed by atoms with E-state index in [2.05, 4.69) is 55.4 Å². The van der Waals surface area contributed by atoms with E-state index >= 15 is 0 Å². The summed E-state index contributed by atoms with van der Waals surface area (Å²) < 4.78 is 0. The summed E-state index contributed by atoms with van der Waals surface area (Å²) >= 11 is 0. The van der Waals surface area contributed by atoms with E-state index in [4.69, 9.17) is 0 Å². The molecular weight excluding hydrogens is 396 g/mol. The van der Waals surface area contributed by atoms with E-state index in [1.54, 1.807) is 0 Å². The molecule has 0 aromatic heterocycles. The van der Waals surface area contributed by atoms with Gasteiger partial charge in [-0.15, -0.1) is 0 Å². The second-order valence-corrected chi connectivity index (χ2v) is 14.6. The second kappa shape index (κ2) is 11.4. The smallest absolute Gasteiger partial charge is 0.0233 e. The van der Waals surface area contributed by atoms with Gasteiger partial charge in [0.1, 0.15) is 0 Å². The fraction of sp³-hybridized carbons (Fsp3) is 1.00. The summed E-state index contributed by atoms with van der Waals surface area (Å²) in [6.45, 7) is 20.4. The summed E-state index contributed by atoms with van der Waals surface area (Å²) in [5, 5.41) is 0. The Morgan fingerprint density at radius 3 is 2.18 bits per heavy atom. The predicted molar refractivity (Wildman–Crippen MR) is 148 cm³/mol. The first kappa shape index (κ1) is 27.6. The van der Waals surface area contributed by atoms with Crippen molar-refractivity contribution >= 4 is 0 Å². The Labute approximate surface area is 209 Å². The van der Waals surface area contributed by atoms with Crippen LogP contribution in [-0.2, 0) is 0 Å². The number of hydrogen-bond donors (Lipinski definition) is 0. The largest absolute Gasteiger partial charge is 0.0654 e. The molecule has 0 saturated heterocycles. The molecule has 0 bridgehead atoms. The maximum absolute atomic E-state index is 2.67. The van der Waals surface area contributed by atoms with Gasteiger partial charge in [-0.1, -0.05) is 113 Å². The Morgan fingerprint density at radius 2 is 1.58 bits per heavy atom. The lowest BCUT2D eigenvalue weighted by atomic mass is 9.42. The molecular formula is C33H62. The van der Waals surface area contributed by atoms with Crippen molar-refractivity contribution < 1.29 is 0 Å². The van der Waals surface area contributed by atoms with E-state index in [0.717, 1.165) is 40.9 Å². The van der Waals surface area contributed by atoms with Crippen LogP contribution >= 0.6 is 0 Å². The normalized spacial score (nSPS) is 37.6. The van der Waals surface area contributed by atoms with Gasteiger partial charge >= 0.3 is 0 Å². The topological polar surface area (TPSA) is 0 Å². The third-order valence-corrected chi connectivity index (χ3v) is 12.1. The van der Waals surface area contributed by atoms with E-state index < -0.39 is 0 Å². The summed E-state index contributed by atoms with van der Waals surface area (Å²) in [5.41, 5.74) is 2.05. The molecule has 0 heterocycles. The van der Waals surface area contributed by atoms with Crippen molar-refractivity contribution in [1.82, 2.24) is 0 Å². The van der Waals surface area contributed by atoms with Crippen LogP contribution in [0.1, 0.15) is 158 Å². The van der Waals surface area contributed by atoms with Gasteiger partial charge in [0, 0.05) is 0 Å². The third kappa shape index (κ3) is 6.42. The SMILES string of the molecule is CCCCCC(C)CCC(C)C1CCC2(CC(C)(CCCC(CC)CC3(C)CC3)C2C)C1C. The fourth-order valence-corrected chi connectivity index (χ4v) is 8.91. The summed E-state index contributed by atoms with van der Waals surface area (Å²) in [6.07, 6.45) is 23.6. The molecule has 194 valence electrons. The van der Waals surface area contributed by atoms with Gasteiger partial charge in [-0.3, -0.25) is 0 Å². The maximum atomic E-state index is 2.67. The molecule has 3 fully saturated rings. The van der Waals surface area contributed by atoms with Crippen molar-refractivity contribution in [2.75, 3.05) is 0 Å². The molecule has 8 atom stereocenters. The Kier molecular flexibility index (Phi) is 9.51. The number of hydrogen-bond acceptors (Lipinski definition) is 0. The van der Waals surface area contributed by atoms with Gasteiger partial charge in [0.15, 0.2) is 0 Å². The third-order valence-electron chi connectivity index (χ3n) is 12.1. The Hall–Kier alpha value is 0. The lowest BCUT2D eigenvalue weighted by Crippen LogP contribution is -2.55. The molecule has 0 aromatic carbocycles. The van der Waals surface area contributed by atoms with Gasteiger partial charge in [0.2, 0.25) is 0 Å². The molecule has 3 saturated carbocycles. The van der Waals surface area contributed by atoms with Crippen LogP contribution < -0.4 is 0 Å². The van der Waals surface area contributed by atoms with Crippen LogP contribution in [-0.4, -0.2) is 0 Å². The lowest BCUT2D eigenvalue weighted by molar-refractivity contribution is -0.140. The van der Waals surface area contributed by atoms with Crippen molar-refractivity contribution in [3.05, 3.63) is 0 Å². The van der Waals surface area contributed by atoms with Crippen LogP contribution in [0.4, 0.5) is 0 Å². The number of unbranched alkanes of at least 4 members (excludes halogenated alkanes) is 2. The van der Waals surface area contributed by atoms with Crippen molar-refractivity contribution in [2.24, 2.45) is 51.8 Å². The Morgan fingerprint density at radius 1 is 0.848 bits per heavy atom. The molecule has 3 aliphatic rings. The first-order chi connectivity index (χ1) is 15.6. The van der Waals surface area contributed by atoms with E-state index in [1.165, 1.54) is 103 Å². The van der Waals surface area contributed by atoms with Crippen molar-refractivity contribution in [3.8, 4) is 0 Å². The quantitative estimate of drug-likeness (QED) is 0.214. The fourth-order valence-electron chi connectivity index (χ4n) is 8.91. The molecule has 0 aromatic rings. The molecule has 3 rings (SSSR count). The Balaban J connectivity index is 1.43. The molecule has 0 aliphatic heterocycles. The average Bonchev–Trinajstić information content (AvgIpc) is 3.42. The average molecular weight is 459 g/mol. The highest BCUT2D eigenvalue weighted by Crippen LogP contribution is 2.71. The molecule has 0 radical (unpaired) electrons. The van der Waals surface area contributed by atoms with E-state index in [1.807, 2.05) is 0 Å². The molecule has 0 N–H and O–H groups in total. The van der Waals surface area contributed by atoms with Crippen molar-refractivity contribution in [1.29, 1.82) is 0 Å². The molecule has 0 nitrogen and oxygen atoms in total. The summed E-state index contributed by atoms with van der Waals surface area (Å²) in [7, 11) is 0. The van der Waals surface area contributed by atoms with Crippen LogP contribution in [0.15, 0.2) is 0 Å². The van der Waals surface area contributed by atoms with Crippen LogP contribution in [0.3, 0.4) is 0 Å². The highest BCUT2D eigenvalue weighted by atomic mass is 14.7. The molecule has 0 amide bonds. The molecule has 1 spiro atoms. The van der Waals surface area contributed by atoms with Crippen molar-refractivity contribution in [2.45, 2.75) is 158 Å². The molecule has 3 aliphatic carbocycles. The zero-order valence-electron chi connectivity index (χ0n) is 24.3. The van der Waals surface area contributed by atoms with Crippen LogP contribution in [0.2, 0.25) is 0 Å². The number of rotatable bonds is 15. The van der Waals surface area contributed by atoms with E-state index in [0.29, 0.717) is 10.8 Å². The van der Waals surface area contributed by atoms with Gasteiger partial charge in [-0.25, -0.2) is 0 Å². The first-order valence-corrected chi connectivity index (χ1v) is 15.6. The van der Waals surface area contributed by atoms with E-state index in [9.17, 15) is 0 Å². The summed E-state index contributed by atoms with van der Waals surface area (Å²) in [6, 6.07) is 0. The van der Waals surface area contributed by atoms with Gasteiger partial charge < -0.3 is 0 Å². The standard InChI is InChI=1S/C33H62/c1-9-11-12-14-25(3)16-17-26(4)30-18-20-33(27(30)5)24-32(8,28(33)6)19-13-15-29(10-2)23-31(7)21-22-31/h25-30H,9-24H2,1-8H3. The Bertz CT molecular complexity index is 587. The second-order valence-electron chi connectivity index (χ2n) is 14.6. The van der Waals surface area contributed by atoms with Crippen molar-refractivity contribution in [3.63, 3.8) is 0 Å². The predicted octanol–water partition coefficient (Wildman–Crippen LogP) is 11.1. The minimum Gasteiger partial charge on any atom is -0.0654 e. The van der Waals surface area contributed by atoms with Crippen LogP contribution in [0, 0.1) is 51.8 Å². The molecule has 33 heavy (non-hydrogen) atoms. The van der Waals surface area contributed by atoms with Crippen LogP contribution in [0.25, 0.3) is 0 Å². The van der Waals surface area contributed by atoms with Gasteiger partial charge in [0.05, 0.1) is 0 Å². The van der Waals surface area contributed by atoms with Gasteiger partial charge in [-0.2, -0.15) is 0 Å². The minimum absolute atomic E-state index is 0.627. The van der Waals surface area contributed by atoms with Gasteiger partial charge in [0.25, 0.3) is 0 Å². The maximum Gasteiger partial charge on any atom is -0.0233 e. The summed E-state index contributed by atoms with van der Waals surface area (Å²) in [5.74, 6) is 5.73. The zero-order chi connectivity index (χ0) is 24.3. The highest BCUT2D eigenvalue weighted by molar-refractivity contribution is 5.12. The monoisotopic (exact) mass is 458 g/mol.